The first kappa shape index (κ1) is 15.5. The number of nitrogen functional groups attached to an aromatic ring is 1. The van der Waals surface area contributed by atoms with Gasteiger partial charge in [0.15, 0.2) is 0 Å². The lowest BCUT2D eigenvalue weighted by Crippen LogP contribution is -2.35. The van der Waals surface area contributed by atoms with Crippen LogP contribution in [0.25, 0.3) is 0 Å². The molecule has 0 saturated heterocycles. The number of benzene rings is 1. The lowest BCUT2D eigenvalue weighted by atomic mass is 9.92. The molecule has 0 radical (unpaired) electrons. The van der Waals surface area contributed by atoms with Gasteiger partial charge in [0.25, 0.3) is 0 Å². The van der Waals surface area contributed by atoms with Gasteiger partial charge in [0.2, 0.25) is 5.91 Å². The van der Waals surface area contributed by atoms with Gasteiger partial charge in [-0.3, -0.25) is 9.69 Å². The number of hydrogen-bond donors (Lipinski definition) is 2. The summed E-state index contributed by atoms with van der Waals surface area (Å²) in [6.07, 6.45) is 1.02. The summed E-state index contributed by atoms with van der Waals surface area (Å²) in [7, 11) is 0. The number of anilines is 1. The average molecular weight is 263 g/mol. The molecule has 0 aliphatic heterocycles. The van der Waals surface area contributed by atoms with Crippen LogP contribution in [0.15, 0.2) is 24.3 Å². The van der Waals surface area contributed by atoms with Gasteiger partial charge in [-0.25, -0.2) is 0 Å². The molecule has 0 aliphatic carbocycles. The molecule has 0 unspecified atom stereocenters. The molecule has 0 aromatic heterocycles. The first-order chi connectivity index (χ1) is 8.76. The third-order valence-electron chi connectivity index (χ3n) is 2.91. The van der Waals surface area contributed by atoms with Crippen LogP contribution in [0, 0.1) is 5.41 Å². The molecule has 1 amide bonds. The van der Waals surface area contributed by atoms with E-state index in [0.717, 1.165) is 24.2 Å². The summed E-state index contributed by atoms with van der Waals surface area (Å²) in [6.45, 7) is 8.40. The number of rotatable bonds is 6. The third-order valence-corrected chi connectivity index (χ3v) is 2.91. The van der Waals surface area contributed by atoms with Crippen molar-refractivity contribution >= 4 is 11.6 Å². The van der Waals surface area contributed by atoms with E-state index in [2.05, 4.69) is 25.7 Å². The maximum atomic E-state index is 11.1. The molecular weight excluding hydrogens is 238 g/mol. The Hall–Kier alpha value is -1.55. The predicted molar refractivity (Wildman–Crippen MR) is 79.4 cm³/mol. The first-order valence-electron chi connectivity index (χ1n) is 6.61. The van der Waals surface area contributed by atoms with Crippen molar-refractivity contribution in [2.75, 3.05) is 18.8 Å². The largest absolute Gasteiger partial charge is 0.399 e. The van der Waals surface area contributed by atoms with Gasteiger partial charge in [-0.2, -0.15) is 0 Å². The van der Waals surface area contributed by atoms with Crippen LogP contribution in [-0.2, 0) is 11.3 Å². The van der Waals surface area contributed by atoms with Crippen molar-refractivity contribution in [1.29, 1.82) is 0 Å². The Morgan fingerprint density at radius 2 is 2.00 bits per heavy atom. The number of nitrogens with two attached hydrogens (primary N) is 2. The van der Waals surface area contributed by atoms with Gasteiger partial charge in [-0.1, -0.05) is 32.9 Å². The monoisotopic (exact) mass is 263 g/mol. The van der Waals surface area contributed by atoms with Crippen LogP contribution in [0.1, 0.15) is 32.8 Å². The molecule has 0 heterocycles. The molecule has 0 atom stereocenters. The van der Waals surface area contributed by atoms with Crippen LogP contribution >= 0.6 is 0 Å². The summed E-state index contributed by atoms with van der Waals surface area (Å²) in [6, 6.07) is 7.74. The van der Waals surface area contributed by atoms with Crippen LogP contribution in [0.3, 0.4) is 0 Å². The topological polar surface area (TPSA) is 72.3 Å². The molecule has 0 saturated carbocycles. The van der Waals surface area contributed by atoms with Crippen LogP contribution in [-0.4, -0.2) is 23.9 Å². The third kappa shape index (κ3) is 6.82. The molecule has 0 bridgehead atoms. The van der Waals surface area contributed by atoms with E-state index in [1.165, 1.54) is 0 Å². The highest BCUT2D eigenvalue weighted by atomic mass is 16.1. The van der Waals surface area contributed by atoms with Crippen molar-refractivity contribution in [3.8, 4) is 0 Å². The van der Waals surface area contributed by atoms with Gasteiger partial charge in [0.05, 0.1) is 6.54 Å². The van der Waals surface area contributed by atoms with Crippen LogP contribution in [0.5, 0.6) is 0 Å². The van der Waals surface area contributed by atoms with E-state index in [0.29, 0.717) is 6.54 Å². The zero-order chi connectivity index (χ0) is 14.5. The number of amides is 1. The minimum atomic E-state index is -0.294. The van der Waals surface area contributed by atoms with Crippen molar-refractivity contribution in [2.24, 2.45) is 11.1 Å². The number of hydrogen-bond acceptors (Lipinski definition) is 3. The summed E-state index contributed by atoms with van der Waals surface area (Å²) < 4.78 is 0. The van der Waals surface area contributed by atoms with Crippen LogP contribution in [0.4, 0.5) is 5.69 Å². The highest BCUT2D eigenvalue weighted by Gasteiger charge is 2.15. The predicted octanol–water partition coefficient (Wildman–Crippen LogP) is 1.99. The SMILES string of the molecule is CC(C)(C)CCN(CC(N)=O)Cc1cccc(N)c1. The molecule has 19 heavy (non-hydrogen) atoms. The summed E-state index contributed by atoms with van der Waals surface area (Å²) in [5, 5.41) is 0. The van der Waals surface area contributed by atoms with E-state index < -0.39 is 0 Å². The van der Waals surface area contributed by atoms with Crippen molar-refractivity contribution in [3.63, 3.8) is 0 Å². The Bertz CT molecular complexity index is 424. The molecule has 1 aromatic rings. The van der Waals surface area contributed by atoms with E-state index in [4.69, 9.17) is 11.5 Å². The molecular formula is C15H25N3O. The molecule has 4 nitrogen and oxygen atoms in total. The summed E-state index contributed by atoms with van der Waals surface area (Å²) in [4.78, 5) is 13.2. The maximum Gasteiger partial charge on any atom is 0.231 e. The lowest BCUT2D eigenvalue weighted by Gasteiger charge is -2.26. The van der Waals surface area contributed by atoms with Crippen LogP contribution in [0.2, 0.25) is 0 Å². The minimum Gasteiger partial charge on any atom is -0.399 e. The van der Waals surface area contributed by atoms with Gasteiger partial charge in [-0.15, -0.1) is 0 Å². The second-order valence-corrected chi connectivity index (χ2v) is 6.23. The maximum absolute atomic E-state index is 11.1. The fourth-order valence-electron chi connectivity index (χ4n) is 1.88. The molecule has 0 spiro atoms. The first-order valence-corrected chi connectivity index (χ1v) is 6.61. The smallest absolute Gasteiger partial charge is 0.231 e. The summed E-state index contributed by atoms with van der Waals surface area (Å²) in [5.41, 5.74) is 13.2. The zero-order valence-electron chi connectivity index (χ0n) is 12.1. The standard InChI is InChI=1S/C15H25N3O/c1-15(2,3)7-8-18(11-14(17)19)10-12-5-4-6-13(16)9-12/h4-6,9H,7-8,10-11,16H2,1-3H3,(H2,17,19). The Morgan fingerprint density at radius 1 is 1.32 bits per heavy atom. The van der Waals surface area contributed by atoms with E-state index in [1.54, 1.807) is 0 Å². The zero-order valence-corrected chi connectivity index (χ0v) is 12.1. The Morgan fingerprint density at radius 3 is 2.53 bits per heavy atom. The van der Waals surface area contributed by atoms with Crippen molar-refractivity contribution in [2.45, 2.75) is 33.7 Å². The normalized spacial score (nSPS) is 11.8. The highest BCUT2D eigenvalue weighted by molar-refractivity contribution is 5.75. The second kappa shape index (κ2) is 6.57. The van der Waals surface area contributed by atoms with Crippen molar-refractivity contribution in [1.82, 2.24) is 4.90 Å². The Kier molecular flexibility index (Phi) is 5.36. The van der Waals surface area contributed by atoms with Crippen molar-refractivity contribution < 1.29 is 4.79 Å². The van der Waals surface area contributed by atoms with E-state index in [9.17, 15) is 4.79 Å². The van der Waals surface area contributed by atoms with Gasteiger partial charge in [0.1, 0.15) is 0 Å². The fourth-order valence-corrected chi connectivity index (χ4v) is 1.88. The van der Waals surface area contributed by atoms with Gasteiger partial charge < -0.3 is 11.5 Å². The molecule has 1 rings (SSSR count). The van der Waals surface area contributed by atoms with Gasteiger partial charge in [-0.05, 0) is 36.1 Å². The fraction of sp³-hybridized carbons (Fsp3) is 0.533. The Balaban J connectivity index is 2.66. The second-order valence-electron chi connectivity index (χ2n) is 6.23. The molecule has 1 aromatic carbocycles. The molecule has 0 fully saturated rings. The number of carbonyl (C=O) groups excluding carboxylic acids is 1. The summed E-state index contributed by atoms with van der Waals surface area (Å²) >= 11 is 0. The average Bonchev–Trinajstić information content (AvgIpc) is 2.24. The number of carbonyl (C=O) groups is 1. The molecule has 106 valence electrons. The molecule has 0 aliphatic rings. The van der Waals surface area contributed by atoms with E-state index >= 15 is 0 Å². The molecule has 4 N–H and O–H groups in total. The Labute approximate surface area is 115 Å². The summed E-state index contributed by atoms with van der Waals surface area (Å²) in [5.74, 6) is -0.294. The highest BCUT2D eigenvalue weighted by Crippen LogP contribution is 2.19. The quantitative estimate of drug-likeness (QED) is 0.771. The van der Waals surface area contributed by atoms with E-state index in [-0.39, 0.29) is 17.9 Å². The number of primary amides is 1. The number of nitrogens with zero attached hydrogens (tertiary/aromatic N) is 1. The van der Waals surface area contributed by atoms with Gasteiger partial charge >= 0.3 is 0 Å². The minimum absolute atomic E-state index is 0.242. The van der Waals surface area contributed by atoms with Gasteiger partial charge in [0, 0.05) is 12.2 Å². The van der Waals surface area contributed by atoms with E-state index in [1.807, 2.05) is 24.3 Å². The van der Waals surface area contributed by atoms with Crippen molar-refractivity contribution in [3.05, 3.63) is 29.8 Å². The lowest BCUT2D eigenvalue weighted by molar-refractivity contribution is -0.119. The molecule has 4 heteroatoms. The van der Waals surface area contributed by atoms with Crippen LogP contribution < -0.4 is 11.5 Å².